The second-order valence-electron chi connectivity index (χ2n) is 10.8. The van der Waals surface area contributed by atoms with Crippen molar-refractivity contribution in [1.82, 2.24) is 5.32 Å². The number of halogens is 2. The van der Waals surface area contributed by atoms with Gasteiger partial charge in [-0.1, -0.05) is 42.1 Å². The molecule has 6 heteroatoms. The van der Waals surface area contributed by atoms with Crippen LogP contribution in [0.5, 0.6) is 11.5 Å². The van der Waals surface area contributed by atoms with Crippen LogP contribution in [0.1, 0.15) is 75.3 Å². The van der Waals surface area contributed by atoms with Crippen molar-refractivity contribution in [3.05, 3.63) is 69.2 Å². The number of amides is 1. The van der Waals surface area contributed by atoms with Crippen LogP contribution < -0.4 is 10.1 Å². The number of hydrogen-bond acceptors (Lipinski definition) is 2. The summed E-state index contributed by atoms with van der Waals surface area (Å²) in [5, 5.41) is 4.57. The minimum atomic E-state index is -0.492. The summed E-state index contributed by atoms with van der Waals surface area (Å²) in [4.78, 5) is 13.8. The van der Waals surface area contributed by atoms with Gasteiger partial charge in [0.05, 0.1) is 25.6 Å². The maximum atomic E-state index is 13.8. The zero-order chi connectivity index (χ0) is 25.1. The molecule has 4 nitrogen and oxygen atoms in total. The Kier molecular flexibility index (Phi) is 7.95. The molecule has 0 saturated carbocycles. The molecule has 1 aliphatic carbocycles. The van der Waals surface area contributed by atoms with Gasteiger partial charge in [0.1, 0.15) is 18.0 Å². The summed E-state index contributed by atoms with van der Waals surface area (Å²) in [7, 11) is 0. The van der Waals surface area contributed by atoms with E-state index in [0.29, 0.717) is 21.5 Å². The molecule has 1 N–H and O–H groups in total. The molecule has 0 bridgehead atoms. The number of likely N-dealkylation sites (tertiary alicyclic amines) is 1. The molecule has 1 saturated heterocycles. The third-order valence-electron chi connectivity index (χ3n) is 8.39. The first kappa shape index (κ1) is 25.6. The lowest BCUT2D eigenvalue weighted by molar-refractivity contribution is -0.927. The second kappa shape index (κ2) is 11.2. The fourth-order valence-electron chi connectivity index (χ4n) is 6.21. The normalized spacial score (nSPS) is 25.9. The van der Waals surface area contributed by atoms with Crippen molar-refractivity contribution in [2.75, 3.05) is 26.2 Å². The van der Waals surface area contributed by atoms with Gasteiger partial charge in [-0.05, 0) is 74.6 Å². The molecule has 1 fully saturated rings. The lowest BCUT2D eigenvalue weighted by Crippen LogP contribution is -2.57. The number of rotatable bonds is 5. The third-order valence-corrected chi connectivity index (χ3v) is 8.86. The molecule has 0 unspecified atom stereocenters. The number of carbonyl (C=O) groups excluding carboxylic acids is 1. The van der Waals surface area contributed by atoms with E-state index >= 15 is 0 Å². The van der Waals surface area contributed by atoms with Crippen molar-refractivity contribution in [2.45, 2.75) is 70.3 Å². The average Bonchev–Trinajstić information content (AvgIpc) is 2.85. The summed E-state index contributed by atoms with van der Waals surface area (Å²) in [5.74, 6) is 0.849. The fraction of sp³-hybridized carbons (Fsp3) is 0.500. The summed E-state index contributed by atoms with van der Waals surface area (Å²) in [6, 6.07) is 11.1. The van der Waals surface area contributed by atoms with Crippen molar-refractivity contribution >= 4 is 29.1 Å². The van der Waals surface area contributed by atoms with Gasteiger partial charge in [-0.3, -0.25) is 4.79 Å². The first-order chi connectivity index (χ1) is 17.5. The van der Waals surface area contributed by atoms with Crippen LogP contribution in [0.15, 0.2) is 48.0 Å². The standard InChI is InChI=1S/C30H36Cl2N2O2/c1-2-34(20-21-8-6-4-3-5-7-9-21)16-14-24(15-17-34)33-30(35)29-25-18-22(31)10-12-27(25)36-28-13-11-23(32)19-26(28)29/h8,10-13,18-19,24,29H,2-7,9,14-17,20H2,1H3/p+1/b21-8+/t24-,34-. The minimum Gasteiger partial charge on any atom is -0.457 e. The van der Waals surface area contributed by atoms with Gasteiger partial charge in [-0.2, -0.15) is 0 Å². The molecule has 2 aromatic carbocycles. The van der Waals surface area contributed by atoms with E-state index in [4.69, 9.17) is 27.9 Å². The van der Waals surface area contributed by atoms with Crippen LogP contribution in [-0.4, -0.2) is 42.6 Å². The smallest absolute Gasteiger partial charge is 0.232 e. The summed E-state index contributed by atoms with van der Waals surface area (Å²) >= 11 is 12.6. The Balaban J connectivity index is 1.29. The lowest BCUT2D eigenvalue weighted by Gasteiger charge is -2.44. The first-order valence-electron chi connectivity index (χ1n) is 13.6. The van der Waals surface area contributed by atoms with Gasteiger partial charge in [0.15, 0.2) is 0 Å². The summed E-state index contributed by atoms with van der Waals surface area (Å²) in [6.07, 6.45) is 12.4. The summed E-state index contributed by atoms with van der Waals surface area (Å²) in [5.41, 5.74) is 3.24. The van der Waals surface area contributed by atoms with Gasteiger partial charge in [0.2, 0.25) is 5.91 Å². The SMILES string of the molecule is CC[N@+]1(C/C2=C/CCCCCC2)CC[C@H](NC(=O)C2c3cc(Cl)ccc3Oc3ccc(Cl)cc32)CC1. The molecule has 0 spiro atoms. The molecule has 1 amide bonds. The molecule has 36 heavy (non-hydrogen) atoms. The molecule has 2 aliphatic heterocycles. The Morgan fingerprint density at radius 3 is 2.25 bits per heavy atom. The van der Waals surface area contributed by atoms with Crippen molar-refractivity contribution in [2.24, 2.45) is 0 Å². The predicted octanol–water partition coefficient (Wildman–Crippen LogP) is 7.63. The molecule has 3 aliphatic rings. The van der Waals surface area contributed by atoms with E-state index in [0.717, 1.165) is 48.1 Å². The highest BCUT2D eigenvalue weighted by Gasteiger charge is 2.37. The fourth-order valence-corrected chi connectivity index (χ4v) is 6.57. The number of likely N-dealkylation sites (N-methyl/N-ethyl adjacent to an activating group) is 1. The minimum absolute atomic E-state index is 0.00504. The number of benzene rings is 2. The average molecular weight is 529 g/mol. The number of ether oxygens (including phenoxy) is 1. The maximum Gasteiger partial charge on any atom is 0.232 e. The van der Waals surface area contributed by atoms with E-state index in [-0.39, 0.29) is 11.9 Å². The molecule has 0 atom stereocenters. The van der Waals surface area contributed by atoms with Crippen molar-refractivity contribution in [3.63, 3.8) is 0 Å². The van der Waals surface area contributed by atoms with E-state index in [1.165, 1.54) is 45.1 Å². The van der Waals surface area contributed by atoms with Crippen LogP contribution >= 0.6 is 23.2 Å². The number of allylic oxidation sites excluding steroid dienone is 1. The Morgan fingerprint density at radius 1 is 0.972 bits per heavy atom. The predicted molar refractivity (Wildman–Crippen MR) is 147 cm³/mol. The number of fused-ring (bicyclic) bond motifs is 2. The van der Waals surface area contributed by atoms with E-state index in [9.17, 15) is 4.79 Å². The van der Waals surface area contributed by atoms with Crippen LogP contribution in [0.3, 0.4) is 0 Å². The molecule has 2 heterocycles. The van der Waals surface area contributed by atoms with Gasteiger partial charge in [0, 0.05) is 40.1 Å². The third kappa shape index (κ3) is 5.61. The quantitative estimate of drug-likeness (QED) is 0.320. The topological polar surface area (TPSA) is 38.3 Å². The van der Waals surface area contributed by atoms with Gasteiger partial charge < -0.3 is 14.5 Å². The van der Waals surface area contributed by atoms with E-state index in [2.05, 4.69) is 18.3 Å². The Morgan fingerprint density at radius 2 is 1.61 bits per heavy atom. The number of nitrogens with zero attached hydrogens (tertiary/aromatic N) is 1. The van der Waals surface area contributed by atoms with Crippen LogP contribution in [0.2, 0.25) is 10.0 Å². The molecule has 192 valence electrons. The molecule has 2 aromatic rings. The number of quaternary nitrogens is 1. The molecule has 0 aromatic heterocycles. The van der Waals surface area contributed by atoms with E-state index in [1.807, 2.05) is 24.3 Å². The zero-order valence-corrected chi connectivity index (χ0v) is 22.7. The van der Waals surface area contributed by atoms with Crippen LogP contribution in [0.25, 0.3) is 0 Å². The monoisotopic (exact) mass is 527 g/mol. The largest absolute Gasteiger partial charge is 0.457 e. The first-order valence-corrected chi connectivity index (χ1v) is 14.3. The number of hydrogen-bond donors (Lipinski definition) is 1. The zero-order valence-electron chi connectivity index (χ0n) is 21.2. The van der Waals surface area contributed by atoms with Crippen molar-refractivity contribution < 1.29 is 14.0 Å². The van der Waals surface area contributed by atoms with Gasteiger partial charge in [0.25, 0.3) is 0 Å². The molecular weight excluding hydrogens is 491 g/mol. The number of carbonyl (C=O) groups is 1. The van der Waals surface area contributed by atoms with Crippen LogP contribution in [0.4, 0.5) is 0 Å². The molecule has 5 rings (SSSR count). The van der Waals surface area contributed by atoms with E-state index < -0.39 is 5.92 Å². The Labute approximate surface area is 225 Å². The summed E-state index contributed by atoms with van der Waals surface area (Å²) in [6.45, 7) is 6.87. The van der Waals surface area contributed by atoms with Crippen LogP contribution in [0, 0.1) is 0 Å². The van der Waals surface area contributed by atoms with Crippen LogP contribution in [-0.2, 0) is 4.79 Å². The highest BCUT2D eigenvalue weighted by atomic mass is 35.5. The molecule has 0 radical (unpaired) electrons. The number of piperidine rings is 1. The lowest BCUT2D eigenvalue weighted by atomic mass is 9.86. The molecular formula is C30H37Cl2N2O2+. The summed E-state index contributed by atoms with van der Waals surface area (Å²) < 4.78 is 7.23. The van der Waals surface area contributed by atoms with E-state index in [1.54, 1.807) is 17.7 Å². The highest BCUT2D eigenvalue weighted by molar-refractivity contribution is 6.31. The second-order valence-corrected chi connectivity index (χ2v) is 11.6. The highest BCUT2D eigenvalue weighted by Crippen LogP contribution is 2.46. The van der Waals surface area contributed by atoms with Crippen molar-refractivity contribution in [1.29, 1.82) is 0 Å². The van der Waals surface area contributed by atoms with Crippen molar-refractivity contribution in [3.8, 4) is 11.5 Å². The Hall–Kier alpha value is -2.01. The Bertz CT molecular complexity index is 1090. The van der Waals surface area contributed by atoms with Gasteiger partial charge in [-0.25, -0.2) is 0 Å². The van der Waals surface area contributed by atoms with Gasteiger partial charge >= 0.3 is 0 Å². The number of nitrogens with one attached hydrogen (secondary N) is 1. The maximum absolute atomic E-state index is 13.8. The van der Waals surface area contributed by atoms with Gasteiger partial charge in [-0.15, -0.1) is 0 Å².